The Bertz CT molecular complexity index is 897. The van der Waals surface area contributed by atoms with Gasteiger partial charge in [0.05, 0.1) is 31.5 Å². The van der Waals surface area contributed by atoms with Crippen LogP contribution in [0.25, 0.3) is 6.08 Å². The summed E-state index contributed by atoms with van der Waals surface area (Å²) < 4.78 is 20.8. The molecule has 0 heterocycles. The Balaban J connectivity index is 1.95. The molecule has 154 valence electrons. The number of rotatable bonds is 9. The number of amides is 1. The summed E-state index contributed by atoms with van der Waals surface area (Å²) in [5.41, 5.74) is 1.07. The van der Waals surface area contributed by atoms with Crippen molar-refractivity contribution in [2.75, 3.05) is 32.8 Å². The summed E-state index contributed by atoms with van der Waals surface area (Å²) in [6.07, 6.45) is 2.80. The maximum Gasteiger partial charge on any atom is 0.331 e. The van der Waals surface area contributed by atoms with Crippen molar-refractivity contribution in [2.24, 2.45) is 0 Å². The molecule has 1 amide bonds. The summed E-state index contributed by atoms with van der Waals surface area (Å²) in [5.74, 6) is 0.176. The molecule has 8 heteroatoms. The highest BCUT2D eigenvalue weighted by Crippen LogP contribution is 2.35. The van der Waals surface area contributed by atoms with Crippen LogP contribution >= 0.6 is 11.6 Å². The van der Waals surface area contributed by atoms with Crippen LogP contribution in [0.4, 0.5) is 5.69 Å². The van der Waals surface area contributed by atoms with Crippen molar-refractivity contribution in [3.8, 4) is 17.2 Å². The van der Waals surface area contributed by atoms with Gasteiger partial charge in [0.1, 0.15) is 17.2 Å². The highest BCUT2D eigenvalue weighted by molar-refractivity contribution is 6.32. The van der Waals surface area contributed by atoms with Gasteiger partial charge in [-0.3, -0.25) is 4.79 Å². The standard InChI is InChI=1S/C21H22ClNO6/c1-4-28-17-8-6-5-7-14(17)9-10-21(25)29-13-20(24)23-16-12-18(26-2)15(22)11-19(16)27-3/h5-12H,4,13H2,1-3H3,(H,23,24)/b10-9+. The molecule has 1 N–H and O–H groups in total. The smallest absolute Gasteiger partial charge is 0.331 e. The van der Waals surface area contributed by atoms with Crippen LogP contribution in [-0.2, 0) is 14.3 Å². The zero-order valence-corrected chi connectivity index (χ0v) is 17.1. The Morgan fingerprint density at radius 3 is 2.48 bits per heavy atom. The van der Waals surface area contributed by atoms with E-state index in [2.05, 4.69) is 5.32 Å². The number of anilines is 1. The van der Waals surface area contributed by atoms with E-state index in [1.807, 2.05) is 25.1 Å². The van der Waals surface area contributed by atoms with E-state index in [1.54, 1.807) is 12.1 Å². The zero-order chi connectivity index (χ0) is 21.2. The van der Waals surface area contributed by atoms with Gasteiger partial charge in [0.15, 0.2) is 6.61 Å². The SMILES string of the molecule is CCOc1ccccc1/C=C/C(=O)OCC(=O)Nc1cc(OC)c(Cl)cc1OC. The minimum Gasteiger partial charge on any atom is -0.495 e. The van der Waals surface area contributed by atoms with Gasteiger partial charge in [-0.1, -0.05) is 29.8 Å². The van der Waals surface area contributed by atoms with Gasteiger partial charge in [0.25, 0.3) is 5.91 Å². The second kappa shape index (κ2) is 11.0. The number of hydrogen-bond acceptors (Lipinski definition) is 6. The van der Waals surface area contributed by atoms with Crippen LogP contribution in [0.15, 0.2) is 42.5 Å². The fourth-order valence-electron chi connectivity index (χ4n) is 2.39. The molecule has 0 saturated carbocycles. The number of halogens is 1. The van der Waals surface area contributed by atoms with E-state index < -0.39 is 18.5 Å². The number of carbonyl (C=O) groups excluding carboxylic acids is 2. The summed E-state index contributed by atoms with van der Waals surface area (Å²) in [7, 11) is 2.90. The number of benzene rings is 2. The molecule has 0 aliphatic rings. The maximum absolute atomic E-state index is 12.1. The predicted molar refractivity (Wildman–Crippen MR) is 111 cm³/mol. The third kappa shape index (κ3) is 6.43. The van der Waals surface area contributed by atoms with Crippen LogP contribution < -0.4 is 19.5 Å². The molecule has 0 spiro atoms. The summed E-state index contributed by atoms with van der Waals surface area (Å²) in [6, 6.07) is 10.3. The van der Waals surface area contributed by atoms with Gasteiger partial charge in [0.2, 0.25) is 0 Å². The Morgan fingerprint density at radius 2 is 1.79 bits per heavy atom. The van der Waals surface area contributed by atoms with E-state index in [0.717, 1.165) is 5.56 Å². The molecule has 2 aromatic rings. The van der Waals surface area contributed by atoms with Crippen LogP contribution in [0.3, 0.4) is 0 Å². The van der Waals surface area contributed by atoms with Crippen LogP contribution in [0.2, 0.25) is 5.02 Å². The zero-order valence-electron chi connectivity index (χ0n) is 16.4. The van der Waals surface area contributed by atoms with Gasteiger partial charge < -0.3 is 24.3 Å². The second-order valence-electron chi connectivity index (χ2n) is 5.65. The minimum atomic E-state index is -0.660. The Kier molecular flexibility index (Phi) is 8.36. The molecule has 0 radical (unpaired) electrons. The molecule has 0 atom stereocenters. The summed E-state index contributed by atoms with van der Waals surface area (Å²) in [4.78, 5) is 24.0. The molecule has 0 fully saturated rings. The lowest BCUT2D eigenvalue weighted by atomic mass is 10.2. The van der Waals surface area contributed by atoms with Gasteiger partial charge >= 0.3 is 5.97 Å². The fourth-order valence-corrected chi connectivity index (χ4v) is 2.62. The molecule has 0 saturated heterocycles. The normalized spacial score (nSPS) is 10.5. The lowest BCUT2D eigenvalue weighted by Crippen LogP contribution is -2.20. The quantitative estimate of drug-likeness (QED) is 0.489. The van der Waals surface area contributed by atoms with E-state index in [9.17, 15) is 9.59 Å². The van der Waals surface area contributed by atoms with Crippen molar-refractivity contribution in [3.63, 3.8) is 0 Å². The highest BCUT2D eigenvalue weighted by Gasteiger charge is 2.13. The van der Waals surface area contributed by atoms with Crippen LogP contribution in [-0.4, -0.2) is 39.3 Å². The number of para-hydroxylation sites is 1. The first-order chi connectivity index (χ1) is 14.0. The Labute approximate surface area is 174 Å². The lowest BCUT2D eigenvalue weighted by molar-refractivity contribution is -0.142. The first-order valence-corrected chi connectivity index (χ1v) is 9.14. The first-order valence-electron chi connectivity index (χ1n) is 8.76. The molecule has 0 aliphatic heterocycles. The first kappa shape index (κ1) is 22.1. The molecule has 0 unspecified atom stereocenters. The topological polar surface area (TPSA) is 83.1 Å². The number of ether oxygens (including phenoxy) is 4. The largest absolute Gasteiger partial charge is 0.495 e. The average molecular weight is 420 g/mol. The van der Waals surface area contributed by atoms with Crippen LogP contribution in [0.5, 0.6) is 17.2 Å². The monoisotopic (exact) mass is 419 g/mol. The Hall–Kier alpha value is -3.19. The minimum absolute atomic E-state index is 0.339. The number of hydrogen-bond donors (Lipinski definition) is 1. The van der Waals surface area contributed by atoms with Gasteiger partial charge in [-0.05, 0) is 19.1 Å². The molecule has 0 aliphatic carbocycles. The van der Waals surface area contributed by atoms with E-state index >= 15 is 0 Å². The number of nitrogens with one attached hydrogen (secondary N) is 1. The van der Waals surface area contributed by atoms with Crippen molar-refractivity contribution in [3.05, 3.63) is 53.1 Å². The van der Waals surface area contributed by atoms with Crippen molar-refractivity contribution in [1.29, 1.82) is 0 Å². The molecule has 2 rings (SSSR count). The Morgan fingerprint density at radius 1 is 1.07 bits per heavy atom. The number of carbonyl (C=O) groups is 2. The third-order valence-corrected chi connectivity index (χ3v) is 4.01. The molecular formula is C21H22ClNO6. The molecule has 29 heavy (non-hydrogen) atoms. The molecule has 7 nitrogen and oxygen atoms in total. The van der Waals surface area contributed by atoms with Crippen LogP contribution in [0.1, 0.15) is 12.5 Å². The third-order valence-electron chi connectivity index (χ3n) is 3.71. The fraction of sp³-hybridized carbons (Fsp3) is 0.238. The molecule has 0 aromatic heterocycles. The summed E-state index contributed by atoms with van der Waals surface area (Å²) in [5, 5.41) is 2.93. The number of methoxy groups -OCH3 is 2. The second-order valence-corrected chi connectivity index (χ2v) is 6.05. The van der Waals surface area contributed by atoms with Gasteiger partial charge in [-0.2, -0.15) is 0 Å². The van der Waals surface area contributed by atoms with Crippen molar-refractivity contribution < 1.29 is 28.5 Å². The average Bonchev–Trinajstić information content (AvgIpc) is 2.72. The summed E-state index contributed by atoms with van der Waals surface area (Å²) >= 11 is 6.03. The number of esters is 1. The van der Waals surface area contributed by atoms with E-state index in [0.29, 0.717) is 34.6 Å². The highest BCUT2D eigenvalue weighted by atomic mass is 35.5. The van der Waals surface area contributed by atoms with Crippen LogP contribution in [0, 0.1) is 0 Å². The van der Waals surface area contributed by atoms with Gasteiger partial charge in [-0.25, -0.2) is 4.79 Å². The maximum atomic E-state index is 12.1. The molecular weight excluding hydrogens is 398 g/mol. The molecule has 2 aromatic carbocycles. The van der Waals surface area contributed by atoms with Gasteiger partial charge in [-0.15, -0.1) is 0 Å². The van der Waals surface area contributed by atoms with Crippen molar-refractivity contribution in [1.82, 2.24) is 0 Å². The van der Waals surface area contributed by atoms with Gasteiger partial charge in [0, 0.05) is 23.8 Å². The predicted octanol–water partition coefficient (Wildman–Crippen LogP) is 3.95. The lowest BCUT2D eigenvalue weighted by Gasteiger charge is -2.13. The van der Waals surface area contributed by atoms with E-state index in [1.165, 1.54) is 32.4 Å². The van der Waals surface area contributed by atoms with E-state index in [-0.39, 0.29) is 0 Å². The van der Waals surface area contributed by atoms with Crippen molar-refractivity contribution in [2.45, 2.75) is 6.92 Å². The van der Waals surface area contributed by atoms with Crippen molar-refractivity contribution >= 4 is 35.2 Å². The summed E-state index contributed by atoms with van der Waals surface area (Å²) in [6.45, 7) is 1.91. The molecule has 0 bridgehead atoms. The van der Waals surface area contributed by atoms with E-state index in [4.69, 9.17) is 30.5 Å².